The van der Waals surface area contributed by atoms with E-state index >= 15 is 0 Å². The van der Waals surface area contributed by atoms with Crippen molar-refractivity contribution in [3.8, 4) is 0 Å². The van der Waals surface area contributed by atoms with Crippen LogP contribution in [0.3, 0.4) is 0 Å². The summed E-state index contributed by atoms with van der Waals surface area (Å²) >= 11 is 0. The summed E-state index contributed by atoms with van der Waals surface area (Å²) in [5.74, 6) is -0.893. The number of nitrogens with one attached hydrogen (secondary N) is 1. The van der Waals surface area contributed by atoms with E-state index in [2.05, 4.69) is 5.32 Å². The first-order valence-electron chi connectivity index (χ1n) is 5.60. The van der Waals surface area contributed by atoms with Crippen LogP contribution in [0.1, 0.15) is 32.6 Å². The molecule has 2 aliphatic heterocycles. The molecule has 0 aromatic heterocycles. The zero-order chi connectivity index (χ0) is 11.8. The summed E-state index contributed by atoms with van der Waals surface area (Å²) in [5.41, 5.74) is -0.985. The second kappa shape index (κ2) is 3.73. The van der Waals surface area contributed by atoms with Crippen LogP contribution in [-0.4, -0.2) is 35.7 Å². The van der Waals surface area contributed by atoms with Crippen LogP contribution in [0.2, 0.25) is 0 Å². The molecule has 0 aromatic carbocycles. The number of ether oxygens (including phenoxy) is 1. The number of amides is 1. The van der Waals surface area contributed by atoms with Crippen molar-refractivity contribution in [2.24, 2.45) is 5.41 Å². The van der Waals surface area contributed by atoms with Gasteiger partial charge in [-0.25, -0.2) is 4.79 Å². The van der Waals surface area contributed by atoms with Gasteiger partial charge in [0.2, 0.25) is 5.91 Å². The normalized spacial score (nSPS) is 37.1. The fourth-order valence-corrected chi connectivity index (χ4v) is 2.58. The molecule has 2 heterocycles. The van der Waals surface area contributed by atoms with Crippen LogP contribution in [0.4, 0.5) is 0 Å². The van der Waals surface area contributed by atoms with E-state index in [4.69, 9.17) is 9.84 Å². The minimum absolute atomic E-state index is 0.0388. The van der Waals surface area contributed by atoms with Gasteiger partial charge in [0, 0.05) is 18.9 Å². The average molecular weight is 227 g/mol. The lowest BCUT2D eigenvalue weighted by atomic mass is 9.66. The maximum absolute atomic E-state index is 11.1. The minimum Gasteiger partial charge on any atom is -0.479 e. The fourth-order valence-electron chi connectivity index (χ4n) is 2.58. The predicted molar refractivity (Wildman–Crippen MR) is 55.9 cm³/mol. The van der Waals surface area contributed by atoms with Gasteiger partial charge in [0.1, 0.15) is 0 Å². The van der Waals surface area contributed by atoms with Crippen LogP contribution in [0.15, 0.2) is 0 Å². The zero-order valence-corrected chi connectivity index (χ0v) is 9.41. The van der Waals surface area contributed by atoms with E-state index in [1.807, 2.05) is 0 Å². The Kier molecular flexibility index (Phi) is 2.66. The number of carboxylic acid groups (broad SMARTS) is 1. The van der Waals surface area contributed by atoms with Gasteiger partial charge in [-0.2, -0.15) is 0 Å². The summed E-state index contributed by atoms with van der Waals surface area (Å²) in [6, 6.07) is 0. The molecule has 0 unspecified atom stereocenters. The molecule has 1 amide bonds. The lowest BCUT2D eigenvalue weighted by Gasteiger charge is -2.50. The van der Waals surface area contributed by atoms with Gasteiger partial charge in [-0.3, -0.25) is 4.79 Å². The van der Waals surface area contributed by atoms with E-state index in [0.29, 0.717) is 26.0 Å². The topological polar surface area (TPSA) is 75.6 Å². The van der Waals surface area contributed by atoms with E-state index in [1.165, 1.54) is 6.92 Å². The lowest BCUT2D eigenvalue weighted by molar-refractivity contribution is -0.206. The molecule has 16 heavy (non-hydrogen) atoms. The zero-order valence-electron chi connectivity index (χ0n) is 9.41. The van der Waals surface area contributed by atoms with Gasteiger partial charge in [-0.1, -0.05) is 0 Å². The van der Waals surface area contributed by atoms with Crippen molar-refractivity contribution in [3.63, 3.8) is 0 Å². The molecule has 3 rings (SSSR count). The van der Waals surface area contributed by atoms with Crippen molar-refractivity contribution >= 4 is 11.9 Å². The van der Waals surface area contributed by atoms with Crippen LogP contribution < -0.4 is 5.32 Å². The van der Waals surface area contributed by atoms with Crippen molar-refractivity contribution in [1.29, 1.82) is 0 Å². The van der Waals surface area contributed by atoms with E-state index < -0.39 is 11.6 Å². The molecule has 1 aliphatic carbocycles. The number of hydrogen-bond donors (Lipinski definition) is 2. The first-order chi connectivity index (χ1) is 7.48. The van der Waals surface area contributed by atoms with Crippen molar-refractivity contribution in [1.82, 2.24) is 5.32 Å². The second-order valence-corrected chi connectivity index (χ2v) is 5.00. The highest BCUT2D eigenvalue weighted by Crippen LogP contribution is 2.48. The first kappa shape index (κ1) is 11.4. The van der Waals surface area contributed by atoms with Gasteiger partial charge >= 0.3 is 5.97 Å². The van der Waals surface area contributed by atoms with Gasteiger partial charge in [0.15, 0.2) is 5.60 Å². The Bertz CT molecular complexity index is 301. The van der Waals surface area contributed by atoms with Crippen LogP contribution >= 0.6 is 0 Å². The van der Waals surface area contributed by atoms with E-state index in [0.717, 1.165) is 12.8 Å². The Labute approximate surface area is 94.2 Å². The summed E-state index contributed by atoms with van der Waals surface area (Å²) < 4.78 is 5.51. The highest BCUT2D eigenvalue weighted by Gasteiger charge is 2.53. The highest BCUT2D eigenvalue weighted by molar-refractivity contribution is 5.78. The number of hydrogen-bond acceptors (Lipinski definition) is 3. The summed E-state index contributed by atoms with van der Waals surface area (Å²) in [4.78, 5) is 22.0. The summed E-state index contributed by atoms with van der Waals surface area (Å²) in [6.07, 6.45) is 2.75. The molecule has 3 aliphatic rings. The third kappa shape index (κ3) is 1.80. The maximum Gasteiger partial charge on any atom is 0.335 e. The van der Waals surface area contributed by atoms with E-state index in [-0.39, 0.29) is 11.3 Å². The van der Waals surface area contributed by atoms with Crippen LogP contribution in [0.25, 0.3) is 0 Å². The van der Waals surface area contributed by atoms with Gasteiger partial charge in [-0.05, 0) is 25.7 Å². The highest BCUT2D eigenvalue weighted by atomic mass is 16.5. The molecule has 2 saturated heterocycles. The standard InChI is InChI=1S/C11H17NO4/c1-8(13)12-6-10-2-4-11(5-3-10,9(14)15)16-7-10/h2-7H2,1H3,(H,12,13)(H,14,15). The number of carboxylic acids is 1. The van der Waals surface area contributed by atoms with Gasteiger partial charge in [-0.15, -0.1) is 0 Å². The van der Waals surface area contributed by atoms with Crippen molar-refractivity contribution < 1.29 is 19.4 Å². The van der Waals surface area contributed by atoms with E-state index in [1.54, 1.807) is 0 Å². The Morgan fingerprint density at radius 2 is 1.94 bits per heavy atom. The van der Waals surface area contributed by atoms with Crippen molar-refractivity contribution in [2.45, 2.75) is 38.2 Å². The SMILES string of the molecule is CC(=O)NCC12CCC(C(=O)O)(CC1)OC2. The van der Waals surface area contributed by atoms with Gasteiger partial charge < -0.3 is 15.2 Å². The molecule has 2 bridgehead atoms. The molecule has 2 N–H and O–H groups in total. The molecule has 3 fully saturated rings. The van der Waals surface area contributed by atoms with Crippen molar-refractivity contribution in [3.05, 3.63) is 0 Å². The average Bonchev–Trinajstić information content (AvgIpc) is 2.29. The smallest absolute Gasteiger partial charge is 0.335 e. The quantitative estimate of drug-likeness (QED) is 0.737. The number of rotatable bonds is 3. The summed E-state index contributed by atoms with van der Waals surface area (Å²) in [6.45, 7) is 2.53. The molecular formula is C11H17NO4. The van der Waals surface area contributed by atoms with Crippen LogP contribution in [-0.2, 0) is 14.3 Å². The maximum atomic E-state index is 11.1. The number of carbonyl (C=O) groups excluding carboxylic acids is 1. The largest absolute Gasteiger partial charge is 0.479 e. The Hall–Kier alpha value is -1.10. The minimum atomic E-state index is -0.946. The molecule has 0 spiro atoms. The Balaban J connectivity index is 2.00. The molecule has 0 atom stereocenters. The summed E-state index contributed by atoms with van der Waals surface area (Å²) in [5, 5.41) is 11.9. The first-order valence-corrected chi connectivity index (χ1v) is 5.60. The van der Waals surface area contributed by atoms with Gasteiger partial charge in [0.25, 0.3) is 0 Å². The Morgan fingerprint density at radius 1 is 1.31 bits per heavy atom. The molecule has 5 nitrogen and oxygen atoms in total. The fraction of sp³-hybridized carbons (Fsp3) is 0.818. The molecule has 90 valence electrons. The third-order valence-electron chi connectivity index (χ3n) is 3.88. The second-order valence-electron chi connectivity index (χ2n) is 5.00. The van der Waals surface area contributed by atoms with E-state index in [9.17, 15) is 9.59 Å². The predicted octanol–water partition coefficient (Wildman–Crippen LogP) is 0.536. The molecule has 1 saturated carbocycles. The van der Waals surface area contributed by atoms with Crippen molar-refractivity contribution in [2.75, 3.05) is 13.2 Å². The number of fused-ring (bicyclic) bond motifs is 3. The monoisotopic (exact) mass is 227 g/mol. The number of aliphatic carboxylic acids is 1. The molecule has 0 radical (unpaired) electrons. The molecule has 0 aromatic rings. The molecule has 5 heteroatoms. The van der Waals surface area contributed by atoms with Gasteiger partial charge in [0.05, 0.1) is 6.61 Å². The Morgan fingerprint density at radius 3 is 2.31 bits per heavy atom. The van der Waals surface area contributed by atoms with Crippen LogP contribution in [0, 0.1) is 5.41 Å². The van der Waals surface area contributed by atoms with Crippen LogP contribution in [0.5, 0.6) is 0 Å². The molecular weight excluding hydrogens is 210 g/mol. The summed E-state index contributed by atoms with van der Waals surface area (Å²) in [7, 11) is 0. The third-order valence-corrected chi connectivity index (χ3v) is 3.88. The lowest BCUT2D eigenvalue weighted by Crippen LogP contribution is -2.58. The number of carbonyl (C=O) groups is 2.